The van der Waals surface area contributed by atoms with Crippen molar-refractivity contribution < 1.29 is 40.4 Å². The molecule has 13 heteroatoms. The molecule has 1 aromatic heterocycles. The molecule has 0 aliphatic rings. The van der Waals surface area contributed by atoms with E-state index >= 15 is 0 Å². The summed E-state index contributed by atoms with van der Waals surface area (Å²) in [6.45, 7) is 0. The van der Waals surface area contributed by atoms with Crippen LogP contribution in [0.3, 0.4) is 0 Å². The van der Waals surface area contributed by atoms with Gasteiger partial charge >= 0.3 is 12.4 Å². The van der Waals surface area contributed by atoms with Crippen LogP contribution >= 0.6 is 0 Å². The molecule has 0 bridgehead atoms. The van der Waals surface area contributed by atoms with Gasteiger partial charge in [0.1, 0.15) is 11.8 Å². The average Bonchev–Trinajstić information content (AvgIpc) is 3.28. The molecule has 0 atom stereocenters. The summed E-state index contributed by atoms with van der Waals surface area (Å²) in [6, 6.07) is 9.73. The summed E-state index contributed by atoms with van der Waals surface area (Å²) < 4.78 is 87.9. The second-order valence-corrected chi connectivity index (χ2v) is 6.61. The molecule has 0 amide bonds. The predicted octanol–water partition coefficient (Wildman–Crippen LogP) is 5.56. The second kappa shape index (κ2) is 9.26. The van der Waals surface area contributed by atoms with Crippen LogP contribution in [-0.2, 0) is 12.4 Å². The molecule has 0 spiro atoms. The normalized spacial score (nSPS) is 12.2. The summed E-state index contributed by atoms with van der Waals surface area (Å²) in [4.78, 5) is 12.5. The van der Waals surface area contributed by atoms with Gasteiger partial charge in [-0.1, -0.05) is 5.16 Å². The van der Waals surface area contributed by atoms with E-state index in [1.807, 2.05) is 5.43 Å². The smallest absolute Gasteiger partial charge is 0.416 e. The standard InChI is InChI=1S/C21H12F6N4O3/c1-33-15-4-2-11(3-5-15)18-9-16(31-34-18)19(32)17(10-28)30-29-14-7-12(20(22,23)24)6-13(8-14)21(25,26)27/h2-9,29H,1H3. The largest absolute Gasteiger partial charge is 0.497 e. The van der Waals surface area contributed by atoms with Gasteiger partial charge in [-0.3, -0.25) is 10.2 Å². The summed E-state index contributed by atoms with van der Waals surface area (Å²) in [5.74, 6) is -0.349. The lowest BCUT2D eigenvalue weighted by Gasteiger charge is -2.13. The van der Waals surface area contributed by atoms with Crippen LogP contribution < -0.4 is 10.2 Å². The molecule has 34 heavy (non-hydrogen) atoms. The lowest BCUT2D eigenvalue weighted by atomic mass is 10.1. The maximum Gasteiger partial charge on any atom is 0.416 e. The van der Waals surface area contributed by atoms with Gasteiger partial charge in [0.05, 0.1) is 23.9 Å². The molecule has 0 saturated carbocycles. The number of nitriles is 1. The molecule has 0 saturated heterocycles. The van der Waals surface area contributed by atoms with Crippen molar-refractivity contribution in [1.82, 2.24) is 5.16 Å². The number of rotatable bonds is 6. The Balaban J connectivity index is 1.86. The minimum Gasteiger partial charge on any atom is -0.497 e. The number of hydrogen-bond donors (Lipinski definition) is 1. The number of benzene rings is 2. The summed E-state index contributed by atoms with van der Waals surface area (Å²) in [7, 11) is 1.47. The third kappa shape index (κ3) is 5.52. The van der Waals surface area contributed by atoms with Crippen LogP contribution in [0, 0.1) is 11.3 Å². The van der Waals surface area contributed by atoms with Crippen LogP contribution in [0.1, 0.15) is 21.6 Å². The van der Waals surface area contributed by atoms with Crippen molar-refractivity contribution in [2.24, 2.45) is 5.10 Å². The van der Waals surface area contributed by atoms with Gasteiger partial charge in [-0.25, -0.2) is 0 Å². The van der Waals surface area contributed by atoms with Crippen LogP contribution in [0.15, 0.2) is 58.2 Å². The van der Waals surface area contributed by atoms with E-state index in [0.717, 1.165) is 0 Å². The Labute approximate surface area is 187 Å². The van der Waals surface area contributed by atoms with E-state index in [2.05, 4.69) is 10.3 Å². The number of aromatic nitrogens is 1. The highest BCUT2D eigenvalue weighted by atomic mass is 19.4. The summed E-state index contributed by atoms with van der Waals surface area (Å²) in [5.41, 5.74) is -2.73. The van der Waals surface area contributed by atoms with Gasteiger partial charge in [0.2, 0.25) is 11.5 Å². The molecule has 3 aromatic rings. The van der Waals surface area contributed by atoms with E-state index in [1.165, 1.54) is 19.2 Å². The molecule has 1 heterocycles. The highest BCUT2D eigenvalue weighted by Gasteiger charge is 2.37. The number of ether oxygens (including phenoxy) is 1. The quantitative estimate of drug-likeness (QED) is 0.214. The monoisotopic (exact) mass is 482 g/mol. The number of nitrogens with one attached hydrogen (secondary N) is 1. The Hall–Kier alpha value is -4.34. The molecule has 0 unspecified atom stereocenters. The fraction of sp³-hybridized carbons (Fsp3) is 0.143. The molecule has 0 radical (unpaired) electrons. The third-order valence-corrected chi connectivity index (χ3v) is 4.32. The van der Waals surface area contributed by atoms with Crippen molar-refractivity contribution in [3.63, 3.8) is 0 Å². The molecule has 7 nitrogen and oxygen atoms in total. The van der Waals surface area contributed by atoms with Crippen LogP contribution in [0.2, 0.25) is 0 Å². The van der Waals surface area contributed by atoms with Crippen molar-refractivity contribution in [2.75, 3.05) is 12.5 Å². The van der Waals surface area contributed by atoms with Crippen molar-refractivity contribution in [2.45, 2.75) is 12.4 Å². The first-order chi connectivity index (χ1) is 15.9. The number of alkyl halides is 6. The molecular formula is C21H12F6N4O3. The van der Waals surface area contributed by atoms with E-state index in [-0.39, 0.29) is 17.5 Å². The molecule has 176 valence electrons. The van der Waals surface area contributed by atoms with Crippen molar-refractivity contribution in [3.8, 4) is 23.1 Å². The first-order valence-corrected chi connectivity index (χ1v) is 9.11. The molecule has 1 N–H and O–H groups in total. The van der Waals surface area contributed by atoms with E-state index < -0.39 is 40.7 Å². The van der Waals surface area contributed by atoms with Crippen LogP contribution in [0.25, 0.3) is 11.3 Å². The Morgan fingerprint density at radius 3 is 2.12 bits per heavy atom. The van der Waals surface area contributed by atoms with Gasteiger partial charge in [-0.15, -0.1) is 0 Å². The number of carbonyl (C=O) groups is 1. The number of carbonyl (C=O) groups excluding carboxylic acids is 1. The van der Waals surface area contributed by atoms with Gasteiger partial charge in [-0.05, 0) is 42.5 Å². The lowest BCUT2D eigenvalue weighted by Crippen LogP contribution is -2.15. The predicted molar refractivity (Wildman–Crippen MR) is 106 cm³/mol. The fourth-order valence-electron chi connectivity index (χ4n) is 2.66. The zero-order chi connectivity index (χ0) is 25.1. The Morgan fingerprint density at radius 1 is 1.03 bits per heavy atom. The van der Waals surface area contributed by atoms with Crippen molar-refractivity contribution in [3.05, 3.63) is 65.4 Å². The zero-order valence-corrected chi connectivity index (χ0v) is 17.0. The van der Waals surface area contributed by atoms with Gasteiger partial charge in [0, 0.05) is 11.6 Å². The topological polar surface area (TPSA) is 101 Å². The fourth-order valence-corrected chi connectivity index (χ4v) is 2.66. The summed E-state index contributed by atoms with van der Waals surface area (Å²) in [5, 5.41) is 16.1. The molecule has 3 rings (SSSR count). The average molecular weight is 482 g/mol. The van der Waals surface area contributed by atoms with Gasteiger partial charge in [0.25, 0.3) is 0 Å². The summed E-state index contributed by atoms with van der Waals surface area (Å²) in [6.07, 6.45) is -10.2. The number of hydrogen-bond acceptors (Lipinski definition) is 7. The van der Waals surface area contributed by atoms with Gasteiger partial charge in [0.15, 0.2) is 11.5 Å². The van der Waals surface area contributed by atoms with Crippen molar-refractivity contribution >= 4 is 17.2 Å². The molecule has 2 aromatic carbocycles. The minimum atomic E-state index is -5.08. The second-order valence-electron chi connectivity index (χ2n) is 6.61. The summed E-state index contributed by atoms with van der Waals surface area (Å²) >= 11 is 0. The Morgan fingerprint density at radius 2 is 1.62 bits per heavy atom. The first kappa shape index (κ1) is 24.3. The number of ketones is 1. The number of halogens is 6. The van der Waals surface area contributed by atoms with Gasteiger partial charge in [-0.2, -0.15) is 36.7 Å². The minimum absolute atomic E-state index is 0.0681. The van der Waals surface area contributed by atoms with Crippen LogP contribution in [-0.4, -0.2) is 23.8 Å². The van der Waals surface area contributed by atoms with E-state index in [1.54, 1.807) is 24.3 Å². The van der Waals surface area contributed by atoms with E-state index in [4.69, 9.17) is 9.26 Å². The molecular weight excluding hydrogens is 470 g/mol. The van der Waals surface area contributed by atoms with E-state index in [0.29, 0.717) is 23.4 Å². The number of methoxy groups -OCH3 is 1. The van der Waals surface area contributed by atoms with E-state index in [9.17, 15) is 36.4 Å². The Kier molecular flexibility index (Phi) is 6.62. The number of nitrogens with zero attached hydrogens (tertiary/aromatic N) is 3. The van der Waals surface area contributed by atoms with Crippen LogP contribution in [0.4, 0.5) is 32.0 Å². The maximum absolute atomic E-state index is 13.0. The highest BCUT2D eigenvalue weighted by Crippen LogP contribution is 2.37. The number of hydrazone groups is 1. The third-order valence-electron chi connectivity index (χ3n) is 4.32. The van der Waals surface area contributed by atoms with Crippen LogP contribution in [0.5, 0.6) is 5.75 Å². The van der Waals surface area contributed by atoms with Crippen molar-refractivity contribution in [1.29, 1.82) is 5.26 Å². The Bertz CT molecular complexity index is 1240. The number of anilines is 1. The number of Topliss-reactive ketones (excluding diaryl/α,β-unsaturated/α-hetero) is 1. The van der Waals surface area contributed by atoms with Gasteiger partial charge < -0.3 is 9.26 Å². The molecule has 0 aliphatic carbocycles. The first-order valence-electron chi connectivity index (χ1n) is 9.11. The molecule has 0 fully saturated rings. The highest BCUT2D eigenvalue weighted by molar-refractivity contribution is 6.51. The SMILES string of the molecule is COc1ccc(-c2cc(C(=O)C(C#N)=NNc3cc(C(F)(F)F)cc(C(F)(F)F)c3)no2)cc1. The molecule has 0 aliphatic heterocycles. The zero-order valence-electron chi connectivity index (χ0n) is 17.0. The maximum atomic E-state index is 13.0. The lowest BCUT2D eigenvalue weighted by molar-refractivity contribution is -0.143.